The lowest BCUT2D eigenvalue weighted by molar-refractivity contribution is 0.474. The molecule has 4 aromatic rings. The summed E-state index contributed by atoms with van der Waals surface area (Å²) >= 11 is 0. The minimum Gasteiger partial charge on any atom is -0.507 e. The molecule has 25 heavy (non-hydrogen) atoms. The number of phenols is 1. The van der Waals surface area contributed by atoms with Crippen molar-refractivity contribution in [1.82, 2.24) is 9.55 Å². The first-order valence-corrected chi connectivity index (χ1v) is 8.07. The van der Waals surface area contributed by atoms with Gasteiger partial charge in [-0.2, -0.15) is 0 Å². The van der Waals surface area contributed by atoms with E-state index in [2.05, 4.69) is 15.6 Å². The number of aromatic hydroxyl groups is 1. The smallest absolute Gasteiger partial charge is 0.143 e. The number of rotatable bonds is 3. The SMILES string of the molecule is Cn1c(-c2ccccc2N=Cc2ccccc2O)nc2ccccc21. The fourth-order valence-corrected chi connectivity index (χ4v) is 2.90. The summed E-state index contributed by atoms with van der Waals surface area (Å²) in [6.07, 6.45) is 1.68. The fraction of sp³-hybridized carbons (Fsp3) is 0.0476. The highest BCUT2D eigenvalue weighted by Gasteiger charge is 2.12. The third kappa shape index (κ3) is 2.78. The van der Waals surface area contributed by atoms with E-state index in [-0.39, 0.29) is 5.75 Å². The fourth-order valence-electron chi connectivity index (χ4n) is 2.90. The minimum atomic E-state index is 0.214. The predicted molar refractivity (Wildman–Crippen MR) is 102 cm³/mol. The van der Waals surface area contributed by atoms with Crippen LogP contribution in [0.5, 0.6) is 5.75 Å². The van der Waals surface area contributed by atoms with Crippen LogP contribution in [-0.4, -0.2) is 20.9 Å². The van der Waals surface area contributed by atoms with E-state index >= 15 is 0 Å². The Labute approximate surface area is 145 Å². The van der Waals surface area contributed by atoms with Gasteiger partial charge < -0.3 is 9.67 Å². The molecule has 122 valence electrons. The molecule has 3 aromatic carbocycles. The van der Waals surface area contributed by atoms with Gasteiger partial charge in [0.2, 0.25) is 0 Å². The van der Waals surface area contributed by atoms with E-state index in [1.54, 1.807) is 18.3 Å². The Morgan fingerprint density at radius 3 is 2.48 bits per heavy atom. The van der Waals surface area contributed by atoms with Crippen molar-refractivity contribution in [2.75, 3.05) is 0 Å². The molecule has 1 N–H and O–H groups in total. The molecule has 4 rings (SSSR count). The molecule has 1 heterocycles. The highest BCUT2D eigenvalue weighted by Crippen LogP contribution is 2.31. The summed E-state index contributed by atoms with van der Waals surface area (Å²) in [6, 6.07) is 23.1. The average Bonchev–Trinajstić information content (AvgIpc) is 2.98. The third-order valence-corrected chi connectivity index (χ3v) is 4.21. The van der Waals surface area contributed by atoms with Crippen molar-refractivity contribution < 1.29 is 5.11 Å². The molecule has 0 unspecified atom stereocenters. The number of aryl methyl sites for hydroxylation is 1. The second kappa shape index (κ2) is 6.24. The number of hydrogen-bond acceptors (Lipinski definition) is 3. The van der Waals surface area contributed by atoms with Gasteiger partial charge in [-0.3, -0.25) is 4.99 Å². The van der Waals surface area contributed by atoms with E-state index in [1.165, 1.54) is 0 Å². The van der Waals surface area contributed by atoms with Crippen LogP contribution in [0.4, 0.5) is 5.69 Å². The number of phenolic OH excluding ortho intramolecular Hbond substituents is 1. The van der Waals surface area contributed by atoms with Crippen molar-refractivity contribution in [3.8, 4) is 17.1 Å². The second-order valence-corrected chi connectivity index (χ2v) is 5.82. The van der Waals surface area contributed by atoms with E-state index < -0.39 is 0 Å². The lowest BCUT2D eigenvalue weighted by Gasteiger charge is -2.06. The Balaban J connectivity index is 1.81. The zero-order valence-corrected chi connectivity index (χ0v) is 13.8. The van der Waals surface area contributed by atoms with E-state index in [0.717, 1.165) is 28.1 Å². The van der Waals surface area contributed by atoms with Gasteiger partial charge in [-0.25, -0.2) is 4.98 Å². The molecular formula is C21H17N3O. The molecule has 4 nitrogen and oxygen atoms in total. The van der Waals surface area contributed by atoms with Crippen LogP contribution in [0.15, 0.2) is 77.8 Å². The van der Waals surface area contributed by atoms with Crippen LogP contribution in [0, 0.1) is 0 Å². The highest BCUT2D eigenvalue weighted by molar-refractivity contribution is 5.88. The molecule has 0 bridgehead atoms. The first kappa shape index (κ1) is 15.1. The van der Waals surface area contributed by atoms with Crippen molar-refractivity contribution in [3.05, 3.63) is 78.4 Å². The second-order valence-electron chi connectivity index (χ2n) is 5.82. The molecule has 0 aliphatic heterocycles. The van der Waals surface area contributed by atoms with Crippen molar-refractivity contribution in [2.24, 2.45) is 12.0 Å². The maximum absolute atomic E-state index is 9.91. The van der Waals surface area contributed by atoms with Gasteiger partial charge in [-0.05, 0) is 36.4 Å². The number of fused-ring (bicyclic) bond motifs is 1. The maximum Gasteiger partial charge on any atom is 0.143 e. The van der Waals surface area contributed by atoms with E-state index in [9.17, 15) is 5.11 Å². The van der Waals surface area contributed by atoms with Gasteiger partial charge in [-0.15, -0.1) is 0 Å². The lowest BCUT2D eigenvalue weighted by Crippen LogP contribution is -1.93. The van der Waals surface area contributed by atoms with Crippen molar-refractivity contribution in [1.29, 1.82) is 0 Å². The van der Waals surface area contributed by atoms with Crippen LogP contribution in [0.2, 0.25) is 0 Å². The largest absolute Gasteiger partial charge is 0.507 e. The Hall–Kier alpha value is -3.40. The topological polar surface area (TPSA) is 50.4 Å². The summed E-state index contributed by atoms with van der Waals surface area (Å²) < 4.78 is 2.07. The highest BCUT2D eigenvalue weighted by atomic mass is 16.3. The van der Waals surface area contributed by atoms with Gasteiger partial charge in [0.15, 0.2) is 0 Å². The number of imidazole rings is 1. The minimum absolute atomic E-state index is 0.214. The summed E-state index contributed by atoms with van der Waals surface area (Å²) in [4.78, 5) is 9.34. The van der Waals surface area contributed by atoms with Gasteiger partial charge in [0.25, 0.3) is 0 Å². The number of aliphatic imine (C=N–C) groups is 1. The van der Waals surface area contributed by atoms with Crippen LogP contribution in [0.1, 0.15) is 5.56 Å². The summed E-state index contributed by atoms with van der Waals surface area (Å²) in [5.74, 6) is 1.08. The Morgan fingerprint density at radius 2 is 1.64 bits per heavy atom. The van der Waals surface area contributed by atoms with Crippen molar-refractivity contribution >= 4 is 22.9 Å². The zero-order valence-electron chi connectivity index (χ0n) is 13.8. The molecule has 0 spiro atoms. The summed E-state index contributed by atoms with van der Waals surface area (Å²) in [5.41, 5.74) is 4.48. The molecular weight excluding hydrogens is 310 g/mol. The predicted octanol–water partition coefficient (Wildman–Crippen LogP) is 4.70. The number of para-hydroxylation sites is 4. The molecule has 0 aliphatic rings. The number of benzene rings is 3. The maximum atomic E-state index is 9.91. The van der Waals surface area contributed by atoms with Crippen LogP contribution < -0.4 is 0 Å². The molecule has 0 aliphatic carbocycles. The molecule has 0 saturated carbocycles. The monoisotopic (exact) mass is 327 g/mol. The van der Waals surface area contributed by atoms with Crippen LogP contribution in [0.25, 0.3) is 22.4 Å². The average molecular weight is 327 g/mol. The molecule has 0 saturated heterocycles. The molecule has 0 amide bonds. The molecule has 1 aromatic heterocycles. The zero-order chi connectivity index (χ0) is 17.2. The summed E-state index contributed by atoms with van der Waals surface area (Å²) in [7, 11) is 2.01. The van der Waals surface area contributed by atoms with E-state index in [0.29, 0.717) is 5.56 Å². The first-order chi connectivity index (χ1) is 12.2. The standard InChI is InChI=1S/C21H17N3O/c1-24-19-12-6-5-11-18(19)23-21(24)16-9-3-4-10-17(16)22-14-15-8-2-7-13-20(15)25/h2-14,25H,1H3. The Bertz CT molecular complexity index is 1080. The van der Waals surface area contributed by atoms with Crippen LogP contribution >= 0.6 is 0 Å². The summed E-state index contributed by atoms with van der Waals surface area (Å²) in [6.45, 7) is 0. The van der Waals surface area contributed by atoms with Crippen LogP contribution in [0.3, 0.4) is 0 Å². The number of aromatic nitrogens is 2. The van der Waals surface area contributed by atoms with Crippen molar-refractivity contribution in [2.45, 2.75) is 0 Å². The molecule has 0 radical (unpaired) electrons. The van der Waals surface area contributed by atoms with E-state index in [1.807, 2.05) is 61.6 Å². The third-order valence-electron chi connectivity index (χ3n) is 4.21. The van der Waals surface area contributed by atoms with Crippen LogP contribution in [-0.2, 0) is 7.05 Å². The number of nitrogens with zero attached hydrogens (tertiary/aromatic N) is 3. The van der Waals surface area contributed by atoms with Gasteiger partial charge in [0, 0.05) is 24.4 Å². The van der Waals surface area contributed by atoms with Gasteiger partial charge >= 0.3 is 0 Å². The normalized spacial score (nSPS) is 11.4. The van der Waals surface area contributed by atoms with Crippen molar-refractivity contribution in [3.63, 3.8) is 0 Å². The Morgan fingerprint density at radius 1 is 0.920 bits per heavy atom. The van der Waals surface area contributed by atoms with Gasteiger partial charge in [-0.1, -0.05) is 36.4 Å². The first-order valence-electron chi connectivity index (χ1n) is 8.07. The summed E-state index contributed by atoms with van der Waals surface area (Å²) in [5, 5.41) is 9.91. The Kier molecular flexibility index (Phi) is 3.78. The molecule has 4 heteroatoms. The molecule has 0 fully saturated rings. The van der Waals surface area contributed by atoms with E-state index in [4.69, 9.17) is 4.98 Å². The van der Waals surface area contributed by atoms with Gasteiger partial charge in [0.1, 0.15) is 11.6 Å². The lowest BCUT2D eigenvalue weighted by atomic mass is 10.1. The number of hydrogen-bond donors (Lipinski definition) is 1. The molecule has 0 atom stereocenters. The van der Waals surface area contributed by atoms with Gasteiger partial charge in [0.05, 0.1) is 16.7 Å². The quantitative estimate of drug-likeness (QED) is 0.555.